The Morgan fingerprint density at radius 2 is 1.67 bits per heavy atom. The maximum absolute atomic E-state index is 5.79. The van der Waals surface area contributed by atoms with Crippen LogP contribution in [0, 0.1) is 0 Å². The maximum Gasteiger partial charge on any atom is 0.209 e. The first kappa shape index (κ1) is 14.7. The smallest absolute Gasteiger partial charge is 0.209 e. The number of thioether (sulfide) groups is 1. The first-order chi connectivity index (χ1) is 11.9. The normalized spacial score (nSPS) is 10.8. The third kappa shape index (κ3) is 3.23. The van der Waals surface area contributed by atoms with Crippen molar-refractivity contribution in [2.45, 2.75) is 10.9 Å². The first-order valence-corrected chi connectivity index (χ1v) is 8.47. The molecule has 24 heavy (non-hydrogen) atoms. The Morgan fingerprint density at radius 1 is 0.917 bits per heavy atom. The van der Waals surface area contributed by atoms with E-state index in [2.05, 4.69) is 15.1 Å². The molecule has 4 rings (SSSR count). The molecule has 6 heteroatoms. The van der Waals surface area contributed by atoms with E-state index < -0.39 is 0 Å². The predicted molar refractivity (Wildman–Crippen MR) is 92.9 cm³/mol. The Labute approximate surface area is 143 Å². The molecule has 2 aromatic carbocycles. The number of para-hydroxylation sites is 1. The van der Waals surface area contributed by atoms with Crippen molar-refractivity contribution in [1.82, 2.24) is 19.7 Å². The van der Waals surface area contributed by atoms with Gasteiger partial charge in [0.05, 0.1) is 17.6 Å². The average Bonchev–Trinajstić information content (AvgIpc) is 3.31. The number of hydrogen-bond donors (Lipinski definition) is 0. The molecule has 0 saturated heterocycles. The van der Waals surface area contributed by atoms with Gasteiger partial charge in [0.15, 0.2) is 5.76 Å². The Kier molecular flexibility index (Phi) is 4.12. The van der Waals surface area contributed by atoms with E-state index in [1.165, 1.54) is 11.8 Å². The Balaban J connectivity index is 1.43. The van der Waals surface area contributed by atoms with Gasteiger partial charge in [-0.15, -0.1) is 5.10 Å². The molecule has 0 fully saturated rings. The molecule has 0 amide bonds. The number of benzene rings is 2. The molecule has 0 spiro atoms. The molecule has 0 aliphatic rings. The summed E-state index contributed by atoms with van der Waals surface area (Å²) in [6.07, 6.45) is 3.46. The molecule has 0 aliphatic carbocycles. The van der Waals surface area contributed by atoms with Gasteiger partial charge in [-0.25, -0.2) is 14.6 Å². The first-order valence-electron chi connectivity index (χ1n) is 7.48. The van der Waals surface area contributed by atoms with Crippen LogP contribution in [0.3, 0.4) is 0 Å². The van der Waals surface area contributed by atoms with Gasteiger partial charge in [0.1, 0.15) is 6.33 Å². The van der Waals surface area contributed by atoms with Crippen LogP contribution in [0.15, 0.2) is 82.8 Å². The van der Waals surface area contributed by atoms with Crippen molar-refractivity contribution in [3.63, 3.8) is 0 Å². The SMILES string of the molecule is c1ccc(-c2cnc(CSc3ncn(-c4ccccc4)n3)o2)cc1. The third-order valence-electron chi connectivity index (χ3n) is 3.43. The average molecular weight is 334 g/mol. The van der Waals surface area contributed by atoms with Crippen LogP contribution in [0.4, 0.5) is 0 Å². The predicted octanol–water partition coefficient (Wildman–Crippen LogP) is 4.21. The van der Waals surface area contributed by atoms with Crippen LogP contribution in [-0.4, -0.2) is 19.7 Å². The number of rotatable bonds is 5. The molecule has 0 radical (unpaired) electrons. The second-order valence-electron chi connectivity index (χ2n) is 5.08. The van der Waals surface area contributed by atoms with E-state index in [1.54, 1.807) is 17.2 Å². The molecule has 2 heterocycles. The Hall–Kier alpha value is -2.86. The quantitative estimate of drug-likeness (QED) is 0.512. The monoisotopic (exact) mass is 334 g/mol. The summed E-state index contributed by atoms with van der Waals surface area (Å²) in [5, 5.41) is 5.15. The molecule has 2 aromatic heterocycles. The highest BCUT2D eigenvalue weighted by atomic mass is 32.2. The van der Waals surface area contributed by atoms with Gasteiger partial charge < -0.3 is 4.42 Å². The zero-order valence-electron chi connectivity index (χ0n) is 12.7. The van der Waals surface area contributed by atoms with Crippen molar-refractivity contribution in [2.75, 3.05) is 0 Å². The lowest BCUT2D eigenvalue weighted by Crippen LogP contribution is -1.93. The van der Waals surface area contributed by atoms with Crippen LogP contribution in [0.1, 0.15) is 5.89 Å². The molecule has 0 bridgehead atoms. The standard InChI is InChI=1S/C18H14N4OS/c1-3-7-14(8-4-1)16-11-19-17(23-16)12-24-18-20-13-22(21-18)15-9-5-2-6-10-15/h1-11,13H,12H2. The molecule has 0 aliphatic heterocycles. The molecule has 0 atom stereocenters. The molecule has 0 saturated carbocycles. The van der Waals surface area contributed by atoms with Crippen LogP contribution >= 0.6 is 11.8 Å². The molecule has 0 unspecified atom stereocenters. The third-order valence-corrected chi connectivity index (χ3v) is 4.26. The second-order valence-corrected chi connectivity index (χ2v) is 6.02. The van der Waals surface area contributed by atoms with Gasteiger partial charge >= 0.3 is 0 Å². The van der Waals surface area contributed by atoms with Gasteiger partial charge in [-0.2, -0.15) is 0 Å². The fourth-order valence-electron chi connectivity index (χ4n) is 2.26. The Bertz CT molecular complexity index is 841. The molecular formula is C18H14N4OS. The zero-order chi connectivity index (χ0) is 16.2. The van der Waals surface area contributed by atoms with Crippen LogP contribution in [-0.2, 0) is 5.75 Å². The minimum atomic E-state index is 0.589. The van der Waals surface area contributed by atoms with Gasteiger partial charge in [-0.05, 0) is 12.1 Å². The highest BCUT2D eigenvalue weighted by Gasteiger charge is 2.09. The van der Waals surface area contributed by atoms with Gasteiger partial charge in [0.2, 0.25) is 11.0 Å². The van der Waals surface area contributed by atoms with Gasteiger partial charge in [-0.1, -0.05) is 60.3 Å². The van der Waals surface area contributed by atoms with E-state index in [1.807, 2.05) is 60.7 Å². The van der Waals surface area contributed by atoms with Crippen LogP contribution in [0.2, 0.25) is 0 Å². The van der Waals surface area contributed by atoms with Gasteiger partial charge in [-0.3, -0.25) is 0 Å². The van der Waals surface area contributed by atoms with Crippen molar-refractivity contribution < 1.29 is 4.42 Å². The number of nitrogens with zero attached hydrogens (tertiary/aromatic N) is 4. The summed E-state index contributed by atoms with van der Waals surface area (Å²) in [4.78, 5) is 8.64. The lowest BCUT2D eigenvalue weighted by atomic mass is 10.2. The van der Waals surface area contributed by atoms with Gasteiger partial charge in [0.25, 0.3) is 0 Å². The molecule has 5 nitrogen and oxygen atoms in total. The van der Waals surface area contributed by atoms with Crippen LogP contribution in [0.5, 0.6) is 0 Å². The summed E-state index contributed by atoms with van der Waals surface area (Å²) >= 11 is 1.50. The molecule has 0 N–H and O–H groups in total. The number of oxazole rings is 1. The Morgan fingerprint density at radius 3 is 2.46 bits per heavy atom. The van der Waals surface area contributed by atoms with Crippen molar-refractivity contribution in [1.29, 1.82) is 0 Å². The summed E-state index contributed by atoms with van der Waals surface area (Å²) in [6, 6.07) is 19.8. The minimum absolute atomic E-state index is 0.589. The van der Waals surface area contributed by atoms with E-state index in [4.69, 9.17) is 4.42 Å². The highest BCUT2D eigenvalue weighted by Crippen LogP contribution is 2.24. The summed E-state index contributed by atoms with van der Waals surface area (Å²) in [5.41, 5.74) is 2.01. The lowest BCUT2D eigenvalue weighted by molar-refractivity contribution is 0.530. The fraction of sp³-hybridized carbons (Fsp3) is 0.0556. The summed E-state index contributed by atoms with van der Waals surface area (Å²) in [7, 11) is 0. The van der Waals surface area contributed by atoms with Crippen LogP contribution < -0.4 is 0 Å². The summed E-state index contributed by atoms with van der Waals surface area (Å²) < 4.78 is 7.55. The molecule has 118 valence electrons. The van der Waals surface area contributed by atoms with Crippen LogP contribution in [0.25, 0.3) is 17.0 Å². The fourth-order valence-corrected chi connectivity index (χ4v) is 2.91. The lowest BCUT2D eigenvalue weighted by Gasteiger charge is -1.98. The van der Waals surface area contributed by atoms with E-state index in [9.17, 15) is 0 Å². The van der Waals surface area contributed by atoms with Crippen molar-refractivity contribution >= 4 is 11.8 Å². The highest BCUT2D eigenvalue weighted by molar-refractivity contribution is 7.98. The maximum atomic E-state index is 5.79. The van der Waals surface area contributed by atoms with Gasteiger partial charge in [0, 0.05) is 5.56 Å². The van der Waals surface area contributed by atoms with Crippen molar-refractivity contribution in [3.8, 4) is 17.0 Å². The number of aromatic nitrogens is 4. The number of hydrogen-bond acceptors (Lipinski definition) is 5. The van der Waals surface area contributed by atoms with E-state index >= 15 is 0 Å². The minimum Gasteiger partial charge on any atom is -0.440 e. The van der Waals surface area contributed by atoms with Crippen molar-refractivity contribution in [2.24, 2.45) is 0 Å². The van der Waals surface area contributed by atoms with Crippen molar-refractivity contribution in [3.05, 3.63) is 79.1 Å². The summed E-state index contributed by atoms with van der Waals surface area (Å²) in [6.45, 7) is 0. The topological polar surface area (TPSA) is 56.7 Å². The summed E-state index contributed by atoms with van der Waals surface area (Å²) in [5.74, 6) is 2.02. The largest absolute Gasteiger partial charge is 0.440 e. The van der Waals surface area contributed by atoms with E-state index in [0.717, 1.165) is 17.0 Å². The van der Waals surface area contributed by atoms with E-state index in [-0.39, 0.29) is 0 Å². The molecular weight excluding hydrogens is 320 g/mol. The second kappa shape index (κ2) is 6.72. The van der Waals surface area contributed by atoms with E-state index in [0.29, 0.717) is 16.8 Å². The zero-order valence-corrected chi connectivity index (χ0v) is 13.6. The molecule has 4 aromatic rings.